The molecule has 0 amide bonds. The number of ketones is 1. The average molecular weight is 225 g/mol. The first kappa shape index (κ1) is 12.3. The van der Waals surface area contributed by atoms with Crippen LogP contribution in [0.4, 0.5) is 0 Å². The Labute approximate surface area is 96.5 Å². The highest BCUT2D eigenvalue weighted by Crippen LogP contribution is 2.17. The fourth-order valence-corrected chi connectivity index (χ4v) is 1.68. The summed E-state index contributed by atoms with van der Waals surface area (Å²) in [6, 6.07) is 6.00. The topological polar surface area (TPSA) is 17.1 Å². The summed E-state index contributed by atoms with van der Waals surface area (Å²) in [7, 11) is 0. The van der Waals surface area contributed by atoms with Crippen LogP contribution in [0.1, 0.15) is 37.3 Å². The summed E-state index contributed by atoms with van der Waals surface area (Å²) in [5.41, 5.74) is 2.23. The van der Waals surface area contributed by atoms with Gasteiger partial charge in [0.1, 0.15) is 5.78 Å². The largest absolute Gasteiger partial charge is 0.300 e. The third-order valence-electron chi connectivity index (χ3n) is 2.46. The Bertz CT molecular complexity index is 344. The number of benzene rings is 1. The van der Waals surface area contributed by atoms with Crippen LogP contribution in [0.15, 0.2) is 18.2 Å². The first-order valence-electron chi connectivity index (χ1n) is 5.40. The zero-order chi connectivity index (χ0) is 11.3. The van der Waals surface area contributed by atoms with Crippen molar-refractivity contribution >= 4 is 17.4 Å². The predicted octanol–water partition coefficient (Wildman–Crippen LogP) is 3.95. The van der Waals surface area contributed by atoms with Crippen molar-refractivity contribution in [3.05, 3.63) is 34.3 Å². The van der Waals surface area contributed by atoms with Crippen LogP contribution in [-0.4, -0.2) is 5.78 Å². The standard InChI is InChI=1S/C13H17ClO/c1-3-4-12(15)8-7-11-6-5-10(2)13(14)9-11/h5-6,9H,3-4,7-8H2,1-2H3. The van der Waals surface area contributed by atoms with E-state index < -0.39 is 0 Å². The minimum absolute atomic E-state index is 0.342. The third-order valence-corrected chi connectivity index (χ3v) is 2.86. The smallest absolute Gasteiger partial charge is 0.133 e. The summed E-state index contributed by atoms with van der Waals surface area (Å²) in [6.07, 6.45) is 3.07. The van der Waals surface area contributed by atoms with E-state index in [1.54, 1.807) is 0 Å². The maximum Gasteiger partial charge on any atom is 0.133 e. The lowest BCUT2D eigenvalue weighted by Gasteiger charge is -2.03. The lowest BCUT2D eigenvalue weighted by molar-refractivity contribution is -0.119. The number of rotatable bonds is 5. The molecule has 0 aromatic heterocycles. The van der Waals surface area contributed by atoms with Gasteiger partial charge in [0, 0.05) is 17.9 Å². The second-order valence-electron chi connectivity index (χ2n) is 3.87. The first-order chi connectivity index (χ1) is 7.13. The maximum atomic E-state index is 11.3. The van der Waals surface area contributed by atoms with Crippen molar-refractivity contribution in [2.45, 2.75) is 39.5 Å². The molecule has 0 aliphatic rings. The summed E-state index contributed by atoms with van der Waals surface area (Å²) in [5, 5.41) is 0.787. The molecular weight excluding hydrogens is 208 g/mol. The van der Waals surface area contributed by atoms with Gasteiger partial charge in [0.05, 0.1) is 0 Å². The molecule has 0 radical (unpaired) electrons. The van der Waals surface area contributed by atoms with E-state index in [4.69, 9.17) is 11.6 Å². The molecule has 0 fully saturated rings. The van der Waals surface area contributed by atoms with Gasteiger partial charge in [-0.1, -0.05) is 30.7 Å². The zero-order valence-corrected chi connectivity index (χ0v) is 10.1. The molecule has 0 saturated carbocycles. The molecule has 1 aromatic rings. The maximum absolute atomic E-state index is 11.3. The van der Waals surface area contributed by atoms with Gasteiger partial charge < -0.3 is 0 Å². The second-order valence-corrected chi connectivity index (χ2v) is 4.28. The van der Waals surface area contributed by atoms with Gasteiger partial charge in [-0.05, 0) is 37.0 Å². The van der Waals surface area contributed by atoms with Crippen molar-refractivity contribution < 1.29 is 4.79 Å². The van der Waals surface area contributed by atoms with Crippen LogP contribution >= 0.6 is 11.6 Å². The highest BCUT2D eigenvalue weighted by atomic mass is 35.5. The Hall–Kier alpha value is -0.820. The number of hydrogen-bond donors (Lipinski definition) is 0. The van der Waals surface area contributed by atoms with Gasteiger partial charge in [-0.15, -0.1) is 0 Å². The number of aryl methyl sites for hydroxylation is 2. The summed E-state index contributed by atoms with van der Waals surface area (Å²) in [4.78, 5) is 11.3. The van der Waals surface area contributed by atoms with E-state index >= 15 is 0 Å². The van der Waals surface area contributed by atoms with Crippen LogP contribution in [0.25, 0.3) is 0 Å². The minimum atomic E-state index is 0.342. The fraction of sp³-hybridized carbons (Fsp3) is 0.462. The van der Waals surface area contributed by atoms with Crippen molar-refractivity contribution in [1.82, 2.24) is 0 Å². The predicted molar refractivity (Wildman–Crippen MR) is 64.4 cm³/mol. The lowest BCUT2D eigenvalue weighted by atomic mass is 10.0. The number of halogens is 1. The Morgan fingerprint density at radius 1 is 1.33 bits per heavy atom. The van der Waals surface area contributed by atoms with Gasteiger partial charge in [0.15, 0.2) is 0 Å². The third kappa shape index (κ3) is 4.05. The molecule has 1 aromatic carbocycles. The number of carbonyl (C=O) groups is 1. The van der Waals surface area contributed by atoms with Crippen LogP contribution in [-0.2, 0) is 11.2 Å². The highest BCUT2D eigenvalue weighted by Gasteiger charge is 2.02. The molecule has 0 N–H and O–H groups in total. The van der Waals surface area contributed by atoms with Gasteiger partial charge in [0.2, 0.25) is 0 Å². The molecule has 0 unspecified atom stereocenters. The highest BCUT2D eigenvalue weighted by molar-refractivity contribution is 6.31. The van der Waals surface area contributed by atoms with E-state index in [1.807, 2.05) is 32.0 Å². The molecule has 0 aliphatic heterocycles. The molecule has 1 rings (SSSR count). The van der Waals surface area contributed by atoms with Gasteiger partial charge in [0.25, 0.3) is 0 Å². The summed E-state index contributed by atoms with van der Waals surface area (Å²) in [5.74, 6) is 0.342. The Balaban J connectivity index is 2.51. The van der Waals surface area contributed by atoms with Crippen molar-refractivity contribution in [3.63, 3.8) is 0 Å². The van der Waals surface area contributed by atoms with Crippen LogP contribution < -0.4 is 0 Å². The summed E-state index contributed by atoms with van der Waals surface area (Å²) >= 11 is 6.01. The molecule has 1 nitrogen and oxygen atoms in total. The van der Waals surface area contributed by atoms with Gasteiger partial charge in [-0.3, -0.25) is 4.79 Å². The van der Waals surface area contributed by atoms with Crippen molar-refractivity contribution in [2.24, 2.45) is 0 Å². The Morgan fingerprint density at radius 3 is 2.67 bits per heavy atom. The van der Waals surface area contributed by atoms with E-state index in [0.717, 1.165) is 29.0 Å². The van der Waals surface area contributed by atoms with E-state index in [0.29, 0.717) is 18.6 Å². The molecule has 0 atom stereocenters. The fourth-order valence-electron chi connectivity index (χ4n) is 1.48. The van der Waals surface area contributed by atoms with Crippen molar-refractivity contribution in [3.8, 4) is 0 Å². The molecule has 15 heavy (non-hydrogen) atoms. The minimum Gasteiger partial charge on any atom is -0.300 e. The molecule has 2 heteroatoms. The molecule has 0 aliphatic carbocycles. The SMILES string of the molecule is CCCC(=O)CCc1ccc(C)c(Cl)c1. The quantitative estimate of drug-likeness (QED) is 0.740. The van der Waals surface area contributed by atoms with Gasteiger partial charge in [-0.25, -0.2) is 0 Å². The van der Waals surface area contributed by atoms with Crippen LogP contribution in [0.3, 0.4) is 0 Å². The van der Waals surface area contributed by atoms with Crippen LogP contribution in [0.2, 0.25) is 5.02 Å². The van der Waals surface area contributed by atoms with Crippen molar-refractivity contribution in [1.29, 1.82) is 0 Å². The monoisotopic (exact) mass is 224 g/mol. The van der Waals surface area contributed by atoms with E-state index in [9.17, 15) is 4.79 Å². The number of carbonyl (C=O) groups excluding carboxylic acids is 1. The van der Waals surface area contributed by atoms with Crippen LogP contribution in [0, 0.1) is 6.92 Å². The second kappa shape index (κ2) is 5.92. The molecule has 0 bridgehead atoms. The van der Waals surface area contributed by atoms with E-state index in [1.165, 1.54) is 0 Å². The van der Waals surface area contributed by atoms with Gasteiger partial charge >= 0.3 is 0 Å². The molecule has 0 heterocycles. The molecule has 0 spiro atoms. The summed E-state index contributed by atoms with van der Waals surface area (Å²) in [6.45, 7) is 4.01. The van der Waals surface area contributed by atoms with E-state index in [-0.39, 0.29) is 0 Å². The first-order valence-corrected chi connectivity index (χ1v) is 5.78. The normalized spacial score (nSPS) is 10.3. The lowest BCUT2D eigenvalue weighted by Crippen LogP contribution is -1.99. The average Bonchev–Trinajstić information content (AvgIpc) is 2.20. The number of Topliss-reactive ketones (excluding diaryl/α,β-unsaturated/α-hetero) is 1. The molecule has 82 valence electrons. The van der Waals surface area contributed by atoms with Crippen molar-refractivity contribution in [2.75, 3.05) is 0 Å². The zero-order valence-electron chi connectivity index (χ0n) is 9.35. The van der Waals surface area contributed by atoms with Crippen LogP contribution in [0.5, 0.6) is 0 Å². The molecule has 0 saturated heterocycles. The Morgan fingerprint density at radius 2 is 2.07 bits per heavy atom. The molecular formula is C13H17ClO. The van der Waals surface area contributed by atoms with E-state index in [2.05, 4.69) is 0 Å². The number of hydrogen-bond acceptors (Lipinski definition) is 1. The Kier molecular flexibility index (Phi) is 4.83. The summed E-state index contributed by atoms with van der Waals surface area (Å²) < 4.78 is 0. The van der Waals surface area contributed by atoms with Gasteiger partial charge in [-0.2, -0.15) is 0 Å².